The van der Waals surface area contributed by atoms with Crippen molar-refractivity contribution in [3.05, 3.63) is 66.2 Å². The molecule has 3 nitrogen and oxygen atoms in total. The normalized spacial score (nSPS) is 11.6. The van der Waals surface area contributed by atoms with Gasteiger partial charge in [-0.3, -0.25) is 0 Å². The van der Waals surface area contributed by atoms with Gasteiger partial charge in [0.1, 0.15) is 23.9 Å². The Kier molecular flexibility index (Phi) is 4.86. The molecule has 2 aromatic rings. The molecule has 19 heavy (non-hydrogen) atoms. The van der Waals surface area contributed by atoms with Crippen LogP contribution in [0.4, 0.5) is 4.79 Å². The standard InChI is InChI=1S/C15H15NO2S/c1-19(14-10-6-3-7-11-14)16-15(17)18-12-13-8-4-2-5-9-13/h2-11H,12H2,1H3/p+1. The zero-order valence-corrected chi connectivity index (χ0v) is 11.5. The van der Waals surface area contributed by atoms with Crippen LogP contribution in [0, 0.1) is 0 Å². The molecule has 0 aromatic heterocycles. The zero-order valence-electron chi connectivity index (χ0n) is 10.7. The first kappa shape index (κ1) is 13.5. The van der Waals surface area contributed by atoms with E-state index in [-0.39, 0.29) is 11.1 Å². The van der Waals surface area contributed by atoms with Crippen molar-refractivity contribution in [2.75, 3.05) is 6.26 Å². The van der Waals surface area contributed by atoms with Crippen LogP contribution in [0.2, 0.25) is 0 Å². The average Bonchev–Trinajstić information content (AvgIpc) is 2.47. The van der Waals surface area contributed by atoms with E-state index in [2.05, 4.69) is 4.72 Å². The van der Waals surface area contributed by atoms with Gasteiger partial charge < -0.3 is 4.74 Å². The Balaban J connectivity index is 1.82. The summed E-state index contributed by atoms with van der Waals surface area (Å²) in [4.78, 5) is 12.8. The number of amides is 1. The minimum atomic E-state index is -0.390. The van der Waals surface area contributed by atoms with Crippen molar-refractivity contribution in [1.82, 2.24) is 4.72 Å². The smallest absolute Gasteiger partial charge is 0.442 e. The molecule has 2 aromatic carbocycles. The molecule has 0 saturated heterocycles. The van der Waals surface area contributed by atoms with Crippen molar-refractivity contribution in [1.29, 1.82) is 0 Å². The van der Waals surface area contributed by atoms with Crippen LogP contribution in [-0.2, 0) is 22.4 Å². The van der Waals surface area contributed by atoms with Crippen molar-refractivity contribution in [2.24, 2.45) is 0 Å². The lowest BCUT2D eigenvalue weighted by atomic mass is 10.2. The Bertz CT molecular complexity index is 516. The van der Waals surface area contributed by atoms with Crippen molar-refractivity contribution in [3.63, 3.8) is 0 Å². The fraction of sp³-hybridized carbons (Fsp3) is 0.133. The van der Waals surface area contributed by atoms with E-state index in [0.29, 0.717) is 6.61 Å². The van der Waals surface area contributed by atoms with E-state index in [1.807, 2.05) is 66.9 Å². The van der Waals surface area contributed by atoms with E-state index < -0.39 is 6.09 Å². The summed E-state index contributed by atoms with van der Waals surface area (Å²) in [6, 6.07) is 19.5. The second kappa shape index (κ2) is 6.85. The molecule has 0 saturated carbocycles. The molecule has 98 valence electrons. The Hall–Kier alpha value is -1.94. The molecule has 4 heteroatoms. The summed E-state index contributed by atoms with van der Waals surface area (Å²) in [5.41, 5.74) is 0.980. The molecule has 0 bridgehead atoms. The summed E-state index contributed by atoms with van der Waals surface area (Å²) in [6.45, 7) is 0.290. The molecule has 0 aliphatic carbocycles. The minimum absolute atomic E-state index is 0.290. The SMILES string of the molecule is C[S+](NC(=O)OCc1ccccc1)c1ccccc1. The van der Waals surface area contributed by atoms with E-state index in [4.69, 9.17) is 4.74 Å². The largest absolute Gasteiger partial charge is 0.449 e. The van der Waals surface area contributed by atoms with Gasteiger partial charge in [-0.1, -0.05) is 48.5 Å². The highest BCUT2D eigenvalue weighted by atomic mass is 32.2. The van der Waals surface area contributed by atoms with Gasteiger partial charge in [-0.05, 0) is 17.7 Å². The average molecular weight is 274 g/mol. The molecule has 1 N–H and O–H groups in total. The molecular formula is C15H16NO2S+. The molecule has 1 unspecified atom stereocenters. The number of benzene rings is 2. The highest BCUT2D eigenvalue weighted by molar-refractivity contribution is 7.94. The number of hydrogen-bond donors (Lipinski definition) is 1. The van der Waals surface area contributed by atoms with Crippen LogP contribution in [0.5, 0.6) is 0 Å². The first-order chi connectivity index (χ1) is 9.25. The van der Waals surface area contributed by atoms with Crippen molar-refractivity contribution in [3.8, 4) is 0 Å². The Morgan fingerprint density at radius 2 is 1.63 bits per heavy atom. The molecule has 0 aliphatic rings. The van der Waals surface area contributed by atoms with Crippen LogP contribution >= 0.6 is 0 Å². The Labute approximate surface area is 116 Å². The number of carbonyl (C=O) groups is 1. The maximum absolute atomic E-state index is 11.7. The summed E-state index contributed by atoms with van der Waals surface area (Å²) in [7, 11) is 0. The fourth-order valence-electron chi connectivity index (χ4n) is 1.56. The third kappa shape index (κ3) is 4.34. The highest BCUT2D eigenvalue weighted by Gasteiger charge is 2.19. The van der Waals surface area contributed by atoms with E-state index >= 15 is 0 Å². The van der Waals surface area contributed by atoms with Gasteiger partial charge in [-0.2, -0.15) is 0 Å². The molecule has 0 heterocycles. The van der Waals surface area contributed by atoms with Gasteiger partial charge >= 0.3 is 6.09 Å². The highest BCUT2D eigenvalue weighted by Crippen LogP contribution is 2.08. The van der Waals surface area contributed by atoms with E-state index in [1.165, 1.54) is 0 Å². The van der Waals surface area contributed by atoms with Crippen molar-refractivity contribution < 1.29 is 9.53 Å². The van der Waals surface area contributed by atoms with E-state index in [0.717, 1.165) is 10.5 Å². The Morgan fingerprint density at radius 3 is 2.26 bits per heavy atom. The predicted molar refractivity (Wildman–Crippen MR) is 77.8 cm³/mol. The summed E-state index contributed by atoms with van der Waals surface area (Å²) in [5.74, 6) is 0. The maximum atomic E-state index is 11.7. The maximum Gasteiger partial charge on any atom is 0.449 e. The van der Waals surface area contributed by atoms with Gasteiger partial charge in [0, 0.05) is 0 Å². The van der Waals surface area contributed by atoms with Crippen LogP contribution in [0.15, 0.2) is 65.6 Å². The molecule has 1 amide bonds. The van der Waals surface area contributed by atoms with Crippen LogP contribution in [-0.4, -0.2) is 12.3 Å². The summed E-state index contributed by atoms with van der Waals surface area (Å²) in [5, 5.41) is 0. The molecular weight excluding hydrogens is 258 g/mol. The van der Waals surface area contributed by atoms with Crippen LogP contribution in [0.3, 0.4) is 0 Å². The number of carbonyl (C=O) groups excluding carboxylic acids is 1. The predicted octanol–water partition coefficient (Wildman–Crippen LogP) is 3.14. The lowest BCUT2D eigenvalue weighted by Gasteiger charge is -2.06. The van der Waals surface area contributed by atoms with E-state index in [1.54, 1.807) is 0 Å². The topological polar surface area (TPSA) is 38.3 Å². The van der Waals surface area contributed by atoms with Gasteiger partial charge in [-0.15, -0.1) is 4.72 Å². The zero-order chi connectivity index (χ0) is 13.5. The minimum Gasteiger partial charge on any atom is -0.442 e. The monoisotopic (exact) mass is 274 g/mol. The molecule has 0 spiro atoms. The van der Waals surface area contributed by atoms with Crippen molar-refractivity contribution in [2.45, 2.75) is 11.5 Å². The third-order valence-electron chi connectivity index (χ3n) is 2.55. The van der Waals surface area contributed by atoms with E-state index in [9.17, 15) is 4.79 Å². The Morgan fingerprint density at radius 1 is 1.05 bits per heavy atom. The number of ether oxygens (including phenoxy) is 1. The van der Waals surface area contributed by atoms with Crippen LogP contribution in [0.25, 0.3) is 0 Å². The lowest BCUT2D eigenvalue weighted by molar-refractivity contribution is 0.146. The molecule has 0 radical (unpaired) electrons. The van der Waals surface area contributed by atoms with Gasteiger partial charge in [0.25, 0.3) is 0 Å². The molecule has 2 rings (SSSR count). The first-order valence-corrected chi connectivity index (χ1v) is 7.57. The lowest BCUT2D eigenvalue weighted by Crippen LogP contribution is -2.30. The van der Waals surface area contributed by atoms with Crippen molar-refractivity contribution >= 4 is 17.2 Å². The number of hydrogen-bond acceptors (Lipinski definition) is 2. The summed E-state index contributed by atoms with van der Waals surface area (Å²) in [6.07, 6.45) is 1.57. The van der Waals surface area contributed by atoms with Crippen LogP contribution in [0.1, 0.15) is 5.56 Å². The number of nitrogens with one attached hydrogen (secondary N) is 1. The fourth-order valence-corrected chi connectivity index (χ4v) is 2.55. The molecule has 0 aliphatic heterocycles. The van der Waals surface area contributed by atoms with Crippen LogP contribution < -0.4 is 4.72 Å². The quantitative estimate of drug-likeness (QED) is 0.870. The van der Waals surface area contributed by atoms with Gasteiger partial charge in [-0.25, -0.2) is 4.79 Å². The molecule has 1 atom stereocenters. The second-order valence-electron chi connectivity index (χ2n) is 3.99. The van der Waals surface area contributed by atoms with Gasteiger partial charge in [0.2, 0.25) is 0 Å². The summed E-state index contributed by atoms with van der Waals surface area (Å²) >= 11 is -0.346. The third-order valence-corrected chi connectivity index (χ3v) is 4.00. The van der Waals surface area contributed by atoms with Gasteiger partial charge in [0.15, 0.2) is 4.90 Å². The first-order valence-electron chi connectivity index (χ1n) is 5.94. The van der Waals surface area contributed by atoms with Gasteiger partial charge in [0.05, 0.1) is 0 Å². The summed E-state index contributed by atoms with van der Waals surface area (Å²) < 4.78 is 8.01. The molecule has 0 fully saturated rings. The number of rotatable bonds is 4. The second-order valence-corrected chi connectivity index (χ2v) is 5.68.